The molecule has 1 aliphatic rings. The Bertz CT molecular complexity index is 405. The van der Waals surface area contributed by atoms with Gasteiger partial charge < -0.3 is 10.2 Å². The van der Waals surface area contributed by atoms with Gasteiger partial charge in [-0.2, -0.15) is 0 Å². The molecule has 1 aliphatic heterocycles. The first-order valence-corrected chi connectivity index (χ1v) is 7.56. The van der Waals surface area contributed by atoms with E-state index < -0.39 is 11.6 Å². The van der Waals surface area contributed by atoms with E-state index in [0.717, 1.165) is 5.57 Å². The van der Waals surface area contributed by atoms with Gasteiger partial charge in [0.2, 0.25) is 11.8 Å². The number of carbonyl (C=O) groups excluding carboxylic acids is 2. The fourth-order valence-corrected chi connectivity index (χ4v) is 2.78. The van der Waals surface area contributed by atoms with Gasteiger partial charge in [0, 0.05) is 6.54 Å². The normalized spacial score (nSPS) is 21.9. The van der Waals surface area contributed by atoms with Crippen LogP contribution in [0.3, 0.4) is 0 Å². The smallest absolute Gasteiger partial charge is 0.246 e. The molecule has 1 N–H and O–H groups in total. The highest BCUT2D eigenvalue weighted by Gasteiger charge is 2.50. The molecule has 4 heteroatoms. The van der Waals surface area contributed by atoms with E-state index in [1.807, 2.05) is 47.6 Å². The van der Waals surface area contributed by atoms with E-state index in [0.29, 0.717) is 19.4 Å². The fourth-order valence-electron chi connectivity index (χ4n) is 2.78. The first-order chi connectivity index (χ1) is 9.30. The second-order valence-corrected chi connectivity index (χ2v) is 6.16. The lowest BCUT2D eigenvalue weighted by Crippen LogP contribution is -2.71. The van der Waals surface area contributed by atoms with Crippen molar-refractivity contribution in [2.24, 2.45) is 5.92 Å². The number of nitrogens with zero attached hydrogens (tertiary/aromatic N) is 1. The van der Waals surface area contributed by atoms with Crippen LogP contribution in [-0.4, -0.2) is 34.8 Å². The Balaban J connectivity index is 3.20. The number of hydrogen-bond donors (Lipinski definition) is 1. The van der Waals surface area contributed by atoms with Crippen LogP contribution in [0.25, 0.3) is 0 Å². The molecule has 0 aliphatic carbocycles. The van der Waals surface area contributed by atoms with Gasteiger partial charge in [0.25, 0.3) is 0 Å². The molecule has 20 heavy (non-hydrogen) atoms. The second-order valence-electron chi connectivity index (χ2n) is 6.16. The Labute approximate surface area is 122 Å². The Morgan fingerprint density at radius 3 is 2.25 bits per heavy atom. The summed E-state index contributed by atoms with van der Waals surface area (Å²) < 4.78 is 0. The fraction of sp³-hybridized carbons (Fsp3) is 0.750. The van der Waals surface area contributed by atoms with Gasteiger partial charge >= 0.3 is 0 Å². The molecule has 0 aromatic rings. The van der Waals surface area contributed by atoms with Crippen molar-refractivity contribution >= 4 is 11.8 Å². The highest BCUT2D eigenvalue weighted by molar-refractivity contribution is 6.00. The lowest BCUT2D eigenvalue weighted by molar-refractivity contribution is -0.158. The van der Waals surface area contributed by atoms with Crippen molar-refractivity contribution in [3.63, 3.8) is 0 Å². The van der Waals surface area contributed by atoms with Crippen LogP contribution in [0.2, 0.25) is 0 Å². The molecular formula is C16H28N2O2. The quantitative estimate of drug-likeness (QED) is 0.787. The number of amides is 2. The summed E-state index contributed by atoms with van der Waals surface area (Å²) in [4.78, 5) is 27.1. The van der Waals surface area contributed by atoms with Gasteiger partial charge in [0.1, 0.15) is 11.6 Å². The molecule has 0 aromatic heterocycles. The highest BCUT2D eigenvalue weighted by atomic mass is 16.2. The van der Waals surface area contributed by atoms with Crippen LogP contribution in [-0.2, 0) is 9.59 Å². The van der Waals surface area contributed by atoms with Crippen LogP contribution >= 0.6 is 0 Å². The molecule has 1 heterocycles. The monoisotopic (exact) mass is 280 g/mol. The maximum absolute atomic E-state index is 12.7. The molecule has 0 aromatic carbocycles. The van der Waals surface area contributed by atoms with Crippen molar-refractivity contribution in [2.45, 2.75) is 66.0 Å². The van der Waals surface area contributed by atoms with Crippen LogP contribution in [0.15, 0.2) is 11.6 Å². The molecule has 1 atom stereocenters. The molecule has 2 amide bonds. The molecule has 0 spiro atoms. The van der Waals surface area contributed by atoms with Gasteiger partial charge in [0.05, 0.1) is 0 Å². The van der Waals surface area contributed by atoms with Gasteiger partial charge in [-0.3, -0.25) is 9.59 Å². The summed E-state index contributed by atoms with van der Waals surface area (Å²) in [6.45, 7) is 12.4. The number of rotatable bonds is 5. The summed E-state index contributed by atoms with van der Waals surface area (Å²) in [6.07, 6.45) is 3.30. The van der Waals surface area contributed by atoms with Gasteiger partial charge in [-0.1, -0.05) is 39.3 Å². The SMILES string of the molecule is CCC1(CC)C(=O)NC(C(C)C)C(=O)N1CC=C(C)C. The Kier molecular flexibility index (Phi) is 5.37. The predicted molar refractivity (Wildman–Crippen MR) is 81.2 cm³/mol. The molecule has 1 rings (SSSR count). The molecule has 1 unspecified atom stereocenters. The van der Waals surface area contributed by atoms with Crippen LogP contribution < -0.4 is 5.32 Å². The van der Waals surface area contributed by atoms with E-state index in [1.54, 1.807) is 4.90 Å². The molecule has 1 fully saturated rings. The first-order valence-electron chi connectivity index (χ1n) is 7.56. The van der Waals surface area contributed by atoms with Crippen LogP contribution in [0.4, 0.5) is 0 Å². The average Bonchev–Trinajstić information content (AvgIpc) is 2.38. The van der Waals surface area contributed by atoms with E-state index in [-0.39, 0.29) is 17.7 Å². The molecule has 1 saturated heterocycles. The lowest BCUT2D eigenvalue weighted by atomic mass is 9.84. The number of nitrogens with one attached hydrogen (secondary N) is 1. The highest BCUT2D eigenvalue weighted by Crippen LogP contribution is 2.30. The lowest BCUT2D eigenvalue weighted by Gasteiger charge is -2.48. The summed E-state index contributed by atoms with van der Waals surface area (Å²) >= 11 is 0. The zero-order valence-corrected chi connectivity index (χ0v) is 13.6. The maximum Gasteiger partial charge on any atom is 0.246 e. The van der Waals surface area contributed by atoms with Crippen molar-refractivity contribution in [3.8, 4) is 0 Å². The minimum absolute atomic E-state index is 0.0112. The van der Waals surface area contributed by atoms with E-state index >= 15 is 0 Å². The summed E-state index contributed by atoms with van der Waals surface area (Å²) in [5.74, 6) is 0.135. The Morgan fingerprint density at radius 2 is 1.85 bits per heavy atom. The zero-order valence-electron chi connectivity index (χ0n) is 13.6. The molecule has 114 valence electrons. The number of piperazine rings is 1. The van der Waals surface area contributed by atoms with Gasteiger partial charge in [-0.25, -0.2) is 0 Å². The minimum atomic E-state index is -0.700. The minimum Gasteiger partial charge on any atom is -0.342 e. The van der Waals surface area contributed by atoms with Crippen molar-refractivity contribution in [1.29, 1.82) is 0 Å². The molecule has 0 saturated carbocycles. The van der Waals surface area contributed by atoms with Gasteiger partial charge in [0.15, 0.2) is 0 Å². The van der Waals surface area contributed by atoms with Crippen molar-refractivity contribution < 1.29 is 9.59 Å². The van der Waals surface area contributed by atoms with Gasteiger partial charge in [-0.15, -0.1) is 0 Å². The third-order valence-corrected chi connectivity index (χ3v) is 4.28. The summed E-state index contributed by atoms with van der Waals surface area (Å²) in [6, 6.07) is -0.403. The number of carbonyl (C=O) groups is 2. The summed E-state index contributed by atoms with van der Waals surface area (Å²) in [5.41, 5.74) is 0.458. The van der Waals surface area contributed by atoms with E-state index in [4.69, 9.17) is 0 Å². The second kappa shape index (κ2) is 6.42. The van der Waals surface area contributed by atoms with Crippen LogP contribution in [0.1, 0.15) is 54.4 Å². The molecular weight excluding hydrogens is 252 g/mol. The topological polar surface area (TPSA) is 49.4 Å². The average molecular weight is 280 g/mol. The Hall–Kier alpha value is -1.32. The first kappa shape index (κ1) is 16.7. The summed E-state index contributed by atoms with van der Waals surface area (Å²) in [5, 5.41) is 2.93. The van der Waals surface area contributed by atoms with Crippen molar-refractivity contribution in [3.05, 3.63) is 11.6 Å². The maximum atomic E-state index is 12.7. The van der Waals surface area contributed by atoms with E-state index in [9.17, 15) is 9.59 Å². The zero-order chi connectivity index (χ0) is 15.5. The van der Waals surface area contributed by atoms with Crippen molar-refractivity contribution in [1.82, 2.24) is 10.2 Å². The number of hydrogen-bond acceptors (Lipinski definition) is 2. The van der Waals surface area contributed by atoms with Crippen LogP contribution in [0, 0.1) is 5.92 Å². The molecule has 0 radical (unpaired) electrons. The predicted octanol–water partition coefficient (Wildman–Crippen LogP) is 2.49. The third-order valence-electron chi connectivity index (χ3n) is 4.28. The summed E-state index contributed by atoms with van der Waals surface area (Å²) in [7, 11) is 0. The largest absolute Gasteiger partial charge is 0.342 e. The Morgan fingerprint density at radius 1 is 1.30 bits per heavy atom. The van der Waals surface area contributed by atoms with Crippen molar-refractivity contribution in [2.75, 3.05) is 6.54 Å². The standard InChI is InChI=1S/C16H28N2O2/c1-7-16(8-2)15(20)17-13(12(5)6)14(19)18(16)10-9-11(3)4/h9,12-13H,7-8,10H2,1-6H3,(H,17,20). The van der Waals surface area contributed by atoms with E-state index in [1.165, 1.54) is 0 Å². The molecule has 4 nitrogen and oxygen atoms in total. The molecule has 0 bridgehead atoms. The third kappa shape index (κ3) is 2.89. The van der Waals surface area contributed by atoms with Gasteiger partial charge in [-0.05, 0) is 32.6 Å². The van der Waals surface area contributed by atoms with Crippen LogP contribution in [0.5, 0.6) is 0 Å². The van der Waals surface area contributed by atoms with E-state index in [2.05, 4.69) is 5.32 Å². The number of allylic oxidation sites excluding steroid dienone is 1.